The summed E-state index contributed by atoms with van der Waals surface area (Å²) in [5, 5.41) is 23.2. The number of phenols is 1. The monoisotopic (exact) mass is 280 g/mol. The SMILES string of the molecule is CC(C)C(C)(C)CNC(=O)c1cccc([N+](=O)[O-])c1O. The molecule has 0 aliphatic heterocycles. The summed E-state index contributed by atoms with van der Waals surface area (Å²) in [7, 11) is 0. The summed E-state index contributed by atoms with van der Waals surface area (Å²) in [6.45, 7) is 8.57. The maximum atomic E-state index is 12.0. The van der Waals surface area contributed by atoms with E-state index in [1.54, 1.807) is 0 Å². The van der Waals surface area contributed by atoms with Gasteiger partial charge in [0.25, 0.3) is 5.91 Å². The Kier molecular flexibility index (Phi) is 4.70. The van der Waals surface area contributed by atoms with Crippen molar-refractivity contribution >= 4 is 11.6 Å². The smallest absolute Gasteiger partial charge is 0.311 e. The maximum Gasteiger partial charge on any atom is 0.311 e. The normalized spacial score (nSPS) is 11.4. The van der Waals surface area contributed by atoms with Crippen molar-refractivity contribution in [2.24, 2.45) is 11.3 Å². The highest BCUT2D eigenvalue weighted by atomic mass is 16.6. The van der Waals surface area contributed by atoms with Crippen LogP contribution in [-0.4, -0.2) is 22.5 Å². The van der Waals surface area contributed by atoms with Crippen molar-refractivity contribution in [3.05, 3.63) is 33.9 Å². The Morgan fingerprint density at radius 3 is 2.55 bits per heavy atom. The van der Waals surface area contributed by atoms with Gasteiger partial charge in [0, 0.05) is 12.6 Å². The van der Waals surface area contributed by atoms with Gasteiger partial charge in [-0.1, -0.05) is 33.8 Å². The summed E-state index contributed by atoms with van der Waals surface area (Å²) in [5.41, 5.74) is -0.661. The molecule has 6 nitrogen and oxygen atoms in total. The first-order valence-corrected chi connectivity index (χ1v) is 6.41. The van der Waals surface area contributed by atoms with Gasteiger partial charge in [0.1, 0.15) is 0 Å². The molecule has 6 heteroatoms. The fraction of sp³-hybridized carbons (Fsp3) is 0.500. The lowest BCUT2D eigenvalue weighted by molar-refractivity contribution is -0.385. The van der Waals surface area contributed by atoms with E-state index in [9.17, 15) is 20.0 Å². The van der Waals surface area contributed by atoms with E-state index < -0.39 is 22.3 Å². The third-order valence-corrected chi connectivity index (χ3v) is 3.72. The molecule has 0 spiro atoms. The van der Waals surface area contributed by atoms with Crippen LogP contribution in [-0.2, 0) is 0 Å². The van der Waals surface area contributed by atoms with Gasteiger partial charge < -0.3 is 10.4 Å². The van der Waals surface area contributed by atoms with Gasteiger partial charge >= 0.3 is 5.69 Å². The first-order chi connectivity index (χ1) is 9.16. The van der Waals surface area contributed by atoms with Gasteiger partial charge in [-0.15, -0.1) is 0 Å². The zero-order chi connectivity index (χ0) is 15.5. The molecule has 1 rings (SSSR count). The molecule has 110 valence electrons. The minimum Gasteiger partial charge on any atom is -0.502 e. The van der Waals surface area contributed by atoms with Gasteiger partial charge in [0.05, 0.1) is 10.5 Å². The van der Waals surface area contributed by atoms with E-state index in [1.165, 1.54) is 12.1 Å². The summed E-state index contributed by atoms with van der Waals surface area (Å²) in [6, 6.07) is 3.89. The van der Waals surface area contributed by atoms with E-state index in [0.29, 0.717) is 12.5 Å². The number of nitro benzene ring substituents is 1. The van der Waals surface area contributed by atoms with Gasteiger partial charge in [-0.25, -0.2) is 0 Å². The summed E-state index contributed by atoms with van der Waals surface area (Å²) in [5.74, 6) is -0.751. The van der Waals surface area contributed by atoms with Crippen LogP contribution in [0.5, 0.6) is 5.75 Å². The fourth-order valence-corrected chi connectivity index (χ4v) is 1.47. The van der Waals surface area contributed by atoms with E-state index >= 15 is 0 Å². The number of hydrogen-bond donors (Lipinski definition) is 2. The van der Waals surface area contributed by atoms with E-state index in [2.05, 4.69) is 19.2 Å². The maximum absolute atomic E-state index is 12.0. The van der Waals surface area contributed by atoms with E-state index in [0.717, 1.165) is 6.07 Å². The van der Waals surface area contributed by atoms with E-state index in [-0.39, 0.29) is 11.0 Å². The highest BCUT2D eigenvalue weighted by molar-refractivity contribution is 5.98. The molecule has 0 atom stereocenters. The Labute approximate surface area is 118 Å². The molecule has 1 aromatic carbocycles. The van der Waals surface area contributed by atoms with Crippen LogP contribution >= 0.6 is 0 Å². The summed E-state index contributed by atoms with van der Waals surface area (Å²) in [6.07, 6.45) is 0. The molecule has 0 heterocycles. The summed E-state index contributed by atoms with van der Waals surface area (Å²) in [4.78, 5) is 22.0. The summed E-state index contributed by atoms with van der Waals surface area (Å²) < 4.78 is 0. The van der Waals surface area contributed by atoms with Crippen molar-refractivity contribution < 1.29 is 14.8 Å². The molecular weight excluding hydrogens is 260 g/mol. The second-order valence-electron chi connectivity index (χ2n) is 5.76. The molecule has 0 radical (unpaired) electrons. The predicted octanol–water partition coefficient (Wildman–Crippen LogP) is 2.71. The fourth-order valence-electron chi connectivity index (χ4n) is 1.47. The minimum absolute atomic E-state index is 0.0845. The molecular formula is C14H20N2O4. The molecule has 20 heavy (non-hydrogen) atoms. The van der Waals surface area contributed by atoms with Crippen molar-refractivity contribution in [1.82, 2.24) is 5.32 Å². The Balaban J connectivity index is 2.89. The molecule has 0 saturated heterocycles. The van der Waals surface area contributed by atoms with Crippen LogP contribution in [0.25, 0.3) is 0 Å². The standard InChI is InChI=1S/C14H20N2O4/c1-9(2)14(3,4)8-15-13(18)10-6-5-7-11(12(10)17)16(19)20/h5-7,9,17H,8H2,1-4H3,(H,15,18). The largest absolute Gasteiger partial charge is 0.502 e. The summed E-state index contributed by atoms with van der Waals surface area (Å²) >= 11 is 0. The Morgan fingerprint density at radius 2 is 2.05 bits per heavy atom. The number of carbonyl (C=O) groups is 1. The van der Waals surface area contributed by atoms with Crippen LogP contribution in [0.15, 0.2) is 18.2 Å². The lowest BCUT2D eigenvalue weighted by Gasteiger charge is -2.29. The van der Waals surface area contributed by atoms with E-state index in [1.807, 2.05) is 13.8 Å². The average molecular weight is 280 g/mol. The molecule has 1 aromatic rings. The van der Waals surface area contributed by atoms with Crippen molar-refractivity contribution in [3.8, 4) is 5.75 Å². The van der Waals surface area contributed by atoms with Crippen molar-refractivity contribution in [2.75, 3.05) is 6.54 Å². The molecule has 0 bridgehead atoms. The van der Waals surface area contributed by atoms with Crippen molar-refractivity contribution in [3.63, 3.8) is 0 Å². The Bertz CT molecular complexity index is 524. The van der Waals surface area contributed by atoms with Gasteiger partial charge in [-0.3, -0.25) is 14.9 Å². The number of amides is 1. The van der Waals surface area contributed by atoms with Crippen molar-refractivity contribution in [1.29, 1.82) is 0 Å². The lowest BCUT2D eigenvalue weighted by atomic mass is 9.81. The van der Waals surface area contributed by atoms with E-state index in [4.69, 9.17) is 0 Å². The number of rotatable bonds is 5. The molecule has 0 aromatic heterocycles. The first kappa shape index (κ1) is 15.9. The number of para-hydroxylation sites is 1. The van der Waals surface area contributed by atoms with Gasteiger partial charge in [-0.2, -0.15) is 0 Å². The lowest BCUT2D eigenvalue weighted by Crippen LogP contribution is -2.37. The molecule has 0 fully saturated rings. The van der Waals surface area contributed by atoms with Crippen LogP contribution in [0.1, 0.15) is 38.1 Å². The second-order valence-corrected chi connectivity index (χ2v) is 5.76. The number of benzene rings is 1. The number of nitrogens with one attached hydrogen (secondary N) is 1. The number of nitro groups is 1. The van der Waals surface area contributed by atoms with Crippen LogP contribution in [0.2, 0.25) is 0 Å². The van der Waals surface area contributed by atoms with Crippen LogP contribution < -0.4 is 5.32 Å². The average Bonchev–Trinajstić information content (AvgIpc) is 2.35. The third-order valence-electron chi connectivity index (χ3n) is 3.72. The quantitative estimate of drug-likeness (QED) is 0.640. The molecule has 0 unspecified atom stereocenters. The third kappa shape index (κ3) is 3.46. The predicted molar refractivity (Wildman–Crippen MR) is 75.7 cm³/mol. The number of phenolic OH excluding ortho intramolecular Hbond substituents is 1. The number of carbonyl (C=O) groups excluding carboxylic acids is 1. The molecule has 0 saturated carbocycles. The topological polar surface area (TPSA) is 92.5 Å². The van der Waals surface area contributed by atoms with Crippen LogP contribution in [0.3, 0.4) is 0 Å². The van der Waals surface area contributed by atoms with Crippen molar-refractivity contribution in [2.45, 2.75) is 27.7 Å². The van der Waals surface area contributed by atoms with Gasteiger partial charge in [0.2, 0.25) is 5.75 Å². The van der Waals surface area contributed by atoms with Gasteiger partial charge in [-0.05, 0) is 17.4 Å². The molecule has 2 N–H and O–H groups in total. The highest BCUT2D eigenvalue weighted by Gasteiger charge is 2.25. The molecule has 0 aliphatic carbocycles. The molecule has 0 aliphatic rings. The zero-order valence-corrected chi connectivity index (χ0v) is 12.1. The number of aromatic hydroxyl groups is 1. The number of nitrogens with zero attached hydrogens (tertiary/aromatic N) is 1. The highest BCUT2D eigenvalue weighted by Crippen LogP contribution is 2.30. The zero-order valence-electron chi connectivity index (χ0n) is 12.1. The second kappa shape index (κ2) is 5.90. The van der Waals surface area contributed by atoms with Gasteiger partial charge in [0.15, 0.2) is 0 Å². The first-order valence-electron chi connectivity index (χ1n) is 6.41. The Morgan fingerprint density at radius 1 is 1.45 bits per heavy atom. The number of hydrogen-bond acceptors (Lipinski definition) is 4. The Hall–Kier alpha value is -2.11. The minimum atomic E-state index is -0.718. The van der Waals surface area contributed by atoms with Crippen LogP contribution in [0.4, 0.5) is 5.69 Å². The van der Waals surface area contributed by atoms with Crippen LogP contribution in [0, 0.1) is 21.4 Å². The molecule has 1 amide bonds.